The van der Waals surface area contributed by atoms with Crippen molar-refractivity contribution >= 4 is 23.8 Å². The Kier molecular flexibility index (Phi) is 7.53. The van der Waals surface area contributed by atoms with Crippen molar-refractivity contribution in [3.05, 3.63) is 47.6 Å². The molecule has 0 spiro atoms. The fraction of sp³-hybridized carbons (Fsp3) is 0.667. The highest BCUT2D eigenvalue weighted by Crippen LogP contribution is 2.75. The van der Waals surface area contributed by atoms with E-state index in [2.05, 4.69) is 47.6 Å². The van der Waals surface area contributed by atoms with Gasteiger partial charge in [0.25, 0.3) is 0 Å². The van der Waals surface area contributed by atoms with Gasteiger partial charge in [-0.15, -0.1) is 0 Å². The lowest BCUT2D eigenvalue weighted by atomic mass is 9.33. The lowest BCUT2D eigenvalue weighted by Crippen LogP contribution is -2.68. The molecule has 0 aliphatic heterocycles. The van der Waals surface area contributed by atoms with Gasteiger partial charge >= 0.3 is 11.9 Å². The molecule has 0 radical (unpaired) electrons. The molecule has 0 amide bonds. The number of carboxylic acid groups (broad SMARTS) is 1. The van der Waals surface area contributed by atoms with Gasteiger partial charge in [0, 0.05) is 12.0 Å². The lowest BCUT2D eigenvalue weighted by Gasteiger charge is -2.70. The molecule has 4 saturated carbocycles. The van der Waals surface area contributed by atoms with Gasteiger partial charge < -0.3 is 14.9 Å². The highest BCUT2D eigenvalue weighted by Gasteiger charge is 2.72. The smallest absolute Gasteiger partial charge is 0.331 e. The van der Waals surface area contributed by atoms with Crippen LogP contribution in [0.25, 0.3) is 6.08 Å². The van der Waals surface area contributed by atoms with Crippen LogP contribution in [0.2, 0.25) is 0 Å². The first-order valence-electron chi connectivity index (χ1n) is 17.2. The summed E-state index contributed by atoms with van der Waals surface area (Å²) in [6.45, 7) is 15.9. The van der Waals surface area contributed by atoms with Gasteiger partial charge in [-0.2, -0.15) is 0 Å². The quantitative estimate of drug-likeness (QED) is 0.261. The van der Waals surface area contributed by atoms with Gasteiger partial charge in [-0.25, -0.2) is 4.79 Å². The van der Waals surface area contributed by atoms with Gasteiger partial charge in [0.1, 0.15) is 17.3 Å². The van der Waals surface area contributed by atoms with E-state index >= 15 is 0 Å². The van der Waals surface area contributed by atoms with Crippen LogP contribution in [-0.2, 0) is 19.1 Å². The molecule has 5 aliphatic carbocycles. The Morgan fingerprint density at radius 3 is 2.27 bits per heavy atom. The van der Waals surface area contributed by atoms with E-state index in [1.165, 1.54) is 30.9 Å². The molecule has 0 bridgehead atoms. The Balaban J connectivity index is 1.33. The third kappa shape index (κ3) is 4.51. The fourth-order valence-electron chi connectivity index (χ4n) is 11.7. The zero-order chi connectivity index (χ0) is 32.7. The number of hydrogen-bond donors (Lipinski definition) is 2. The molecule has 3 unspecified atom stereocenters. The number of rotatable bonds is 4. The predicted molar refractivity (Wildman–Crippen MR) is 174 cm³/mol. The van der Waals surface area contributed by atoms with E-state index in [4.69, 9.17) is 4.74 Å². The van der Waals surface area contributed by atoms with Crippen molar-refractivity contribution in [2.75, 3.05) is 0 Å². The summed E-state index contributed by atoms with van der Waals surface area (Å²) in [5, 5.41) is 20.3. The van der Waals surface area contributed by atoms with Gasteiger partial charge in [0.05, 0.1) is 0 Å². The zero-order valence-corrected chi connectivity index (χ0v) is 28.2. The maximum absolute atomic E-state index is 14.6. The summed E-state index contributed by atoms with van der Waals surface area (Å²) in [6, 6.07) is 6.46. The van der Waals surface area contributed by atoms with Crippen molar-refractivity contribution in [3.63, 3.8) is 0 Å². The number of carbonyl (C=O) groups excluding carboxylic acids is 2. The van der Waals surface area contributed by atoms with Gasteiger partial charge in [-0.3, -0.25) is 9.59 Å². The third-order valence-electron chi connectivity index (χ3n) is 14.8. The minimum absolute atomic E-state index is 0.114. The maximum atomic E-state index is 14.6. The second kappa shape index (κ2) is 10.6. The minimum Gasteiger partial charge on any atom is -0.508 e. The molecule has 6 heteroatoms. The average molecular weight is 617 g/mol. The second-order valence-electron chi connectivity index (χ2n) is 16.8. The first kappa shape index (κ1) is 32.1. The molecule has 5 aliphatic rings. The largest absolute Gasteiger partial charge is 0.508 e. The molecular formula is C39H52O6. The molecule has 0 saturated heterocycles. The van der Waals surface area contributed by atoms with E-state index in [0.717, 1.165) is 18.4 Å². The van der Waals surface area contributed by atoms with E-state index in [-0.39, 0.29) is 39.6 Å². The van der Waals surface area contributed by atoms with Crippen LogP contribution in [0.3, 0.4) is 0 Å². The van der Waals surface area contributed by atoms with Crippen LogP contribution in [0.5, 0.6) is 5.75 Å². The van der Waals surface area contributed by atoms with Crippen molar-refractivity contribution in [1.29, 1.82) is 0 Å². The monoisotopic (exact) mass is 616 g/mol. The number of carboxylic acids is 1. The molecule has 0 heterocycles. The Morgan fingerprint density at radius 2 is 1.60 bits per heavy atom. The van der Waals surface area contributed by atoms with E-state index < -0.39 is 28.9 Å². The van der Waals surface area contributed by atoms with Crippen LogP contribution in [0.1, 0.15) is 105 Å². The Hall–Kier alpha value is -2.89. The van der Waals surface area contributed by atoms with Crippen molar-refractivity contribution < 1.29 is 29.3 Å². The lowest BCUT2D eigenvalue weighted by molar-refractivity contribution is -0.220. The first-order chi connectivity index (χ1) is 21.0. The van der Waals surface area contributed by atoms with Gasteiger partial charge in [0.15, 0.2) is 5.78 Å². The fourth-order valence-corrected chi connectivity index (χ4v) is 11.7. The van der Waals surface area contributed by atoms with E-state index in [9.17, 15) is 24.6 Å². The summed E-state index contributed by atoms with van der Waals surface area (Å²) < 4.78 is 5.94. The molecule has 1 aromatic carbocycles. The zero-order valence-electron chi connectivity index (χ0n) is 28.2. The normalized spacial score (nSPS) is 45.8. The molecule has 11 atom stereocenters. The van der Waals surface area contributed by atoms with Crippen molar-refractivity contribution in [3.8, 4) is 5.75 Å². The highest BCUT2D eigenvalue weighted by molar-refractivity contribution is 5.96. The Bertz CT molecular complexity index is 1460. The second-order valence-corrected chi connectivity index (χ2v) is 16.8. The Labute approximate surface area is 268 Å². The summed E-state index contributed by atoms with van der Waals surface area (Å²) in [7, 11) is 0. The number of ether oxygens (including phenoxy) is 1. The number of fused-ring (bicyclic) bond motifs is 7. The summed E-state index contributed by atoms with van der Waals surface area (Å²) >= 11 is 0. The topological polar surface area (TPSA) is 101 Å². The third-order valence-corrected chi connectivity index (χ3v) is 14.8. The predicted octanol–water partition coefficient (Wildman–Crippen LogP) is 8.24. The number of carbonyl (C=O) groups is 3. The summed E-state index contributed by atoms with van der Waals surface area (Å²) in [4.78, 5) is 40.8. The number of benzene rings is 1. The molecular weight excluding hydrogens is 564 g/mol. The molecule has 2 N–H and O–H groups in total. The van der Waals surface area contributed by atoms with Crippen LogP contribution in [0, 0.1) is 56.7 Å². The number of hydrogen-bond acceptors (Lipinski definition) is 5. The van der Waals surface area contributed by atoms with Crippen LogP contribution >= 0.6 is 0 Å². The van der Waals surface area contributed by atoms with Crippen molar-refractivity contribution in [2.24, 2.45) is 56.7 Å². The number of aromatic hydroxyl groups is 1. The number of phenols is 1. The number of aliphatic carboxylic acids is 1. The van der Waals surface area contributed by atoms with Crippen molar-refractivity contribution in [2.45, 2.75) is 106 Å². The first-order valence-corrected chi connectivity index (χ1v) is 17.2. The van der Waals surface area contributed by atoms with Crippen molar-refractivity contribution in [1.82, 2.24) is 0 Å². The summed E-state index contributed by atoms with van der Waals surface area (Å²) in [6.07, 6.45) is 11.4. The molecule has 45 heavy (non-hydrogen) atoms. The molecule has 6 nitrogen and oxygen atoms in total. The van der Waals surface area contributed by atoms with Crippen LogP contribution in [0.15, 0.2) is 42.0 Å². The number of ketones is 1. The summed E-state index contributed by atoms with van der Waals surface area (Å²) in [5.41, 5.74) is 0.103. The Morgan fingerprint density at radius 1 is 0.911 bits per heavy atom. The van der Waals surface area contributed by atoms with Crippen LogP contribution in [-0.4, -0.2) is 34.0 Å². The minimum atomic E-state index is -1.32. The number of esters is 1. The average Bonchev–Trinajstić information content (AvgIpc) is 2.97. The summed E-state index contributed by atoms with van der Waals surface area (Å²) in [5.74, 6) is -0.248. The highest BCUT2D eigenvalue weighted by atomic mass is 16.5. The molecule has 244 valence electrons. The van der Waals surface area contributed by atoms with E-state index in [1.807, 2.05) is 0 Å². The van der Waals surface area contributed by atoms with E-state index in [0.29, 0.717) is 37.0 Å². The number of allylic oxidation sites excluding steroid dienone is 2. The molecule has 1 aromatic rings. The van der Waals surface area contributed by atoms with Gasteiger partial charge in [-0.05, 0) is 133 Å². The van der Waals surface area contributed by atoms with Gasteiger partial charge in [0.2, 0.25) is 0 Å². The number of phenolic OH excluding ortho intramolecular Hbond substituents is 1. The van der Waals surface area contributed by atoms with Crippen LogP contribution < -0.4 is 0 Å². The molecule has 6 rings (SSSR count). The molecule has 0 aromatic heterocycles. The SMILES string of the molecule is C[C@@H]1CC[C@]2(C)CC[C@]3(C)C(=CC(=O)C4[C@@]5(C)CC[C@@H](OC(=O)/C=C/c6ccc(O)cc6)[C@](C)(C(=O)O)C5CC[C@]43C)C2[C@H]1C. The molecule has 4 fully saturated rings. The van der Waals surface area contributed by atoms with E-state index in [1.54, 1.807) is 37.3 Å². The van der Waals surface area contributed by atoms with Gasteiger partial charge in [-0.1, -0.05) is 59.2 Å². The maximum Gasteiger partial charge on any atom is 0.331 e. The van der Waals surface area contributed by atoms with Crippen LogP contribution in [0.4, 0.5) is 0 Å². The standard InChI is InChI=1S/C39H52O6/c1-23-14-17-35(3)20-21-37(5)27(32(35)24(23)2)22-28(41)33-36(4)18-16-30(39(7,34(43)44)29(36)15-19-38(33,37)6)45-31(42)13-10-25-8-11-26(40)12-9-25/h8-13,22-24,29-30,32-33,40H,14-21H2,1-7H3,(H,43,44)/b13-10+/t23-,24+,29?,30-,32?,33?,35-,36+,37-,38-,39-/m1/s1.